The van der Waals surface area contributed by atoms with Gasteiger partial charge in [-0.2, -0.15) is 57.1 Å². The summed E-state index contributed by atoms with van der Waals surface area (Å²) >= 11 is 0. The molecule has 2 rings (SSSR count). The van der Waals surface area contributed by atoms with E-state index in [0.29, 0.717) is 18.1 Å². The first-order chi connectivity index (χ1) is 20.8. The largest absolute Gasteiger partial charge is 0.421 e. The third-order valence-corrected chi connectivity index (χ3v) is 6.09. The number of carbonyl (C=O) groups excluding carboxylic acids is 1. The summed E-state index contributed by atoms with van der Waals surface area (Å²) in [7, 11) is 0. The summed E-state index contributed by atoms with van der Waals surface area (Å²) in [5, 5.41) is 0. The summed E-state index contributed by atoms with van der Waals surface area (Å²) in [6.07, 6.45) is -16.9. The van der Waals surface area contributed by atoms with Crippen molar-refractivity contribution in [2.75, 3.05) is 0 Å². The number of alkyl halides is 17. The lowest BCUT2D eigenvalue weighted by molar-refractivity contribution is -0.439. The number of esters is 1. The topological polar surface area (TPSA) is 52.1 Å². The molecule has 21 heteroatoms. The molecule has 1 aromatic heterocycles. The lowest BCUT2D eigenvalue weighted by Crippen LogP contribution is -2.73. The van der Waals surface area contributed by atoms with Gasteiger partial charge in [0.25, 0.3) is 6.43 Å². The van der Waals surface area contributed by atoms with E-state index in [0.717, 1.165) is 5.56 Å². The van der Waals surface area contributed by atoms with Gasteiger partial charge in [-0.3, -0.25) is 0 Å². The highest BCUT2D eigenvalue weighted by atomic mass is 19.4. The van der Waals surface area contributed by atoms with Crippen LogP contribution in [0.4, 0.5) is 74.6 Å². The number of aryl methyl sites for hydroxylation is 1. The number of hydrogen-bond donors (Lipinski definition) is 0. The molecule has 3 atom stereocenters. The number of hydrogen-bond acceptors (Lipinski definition) is 4. The van der Waals surface area contributed by atoms with Crippen LogP contribution in [0.25, 0.3) is 17.5 Å². The molecule has 0 N–H and O–H groups in total. The van der Waals surface area contributed by atoms with E-state index in [4.69, 9.17) is 0 Å². The first-order valence-electron chi connectivity index (χ1n) is 12.1. The van der Waals surface area contributed by atoms with Gasteiger partial charge in [-0.05, 0) is 23.6 Å². The molecule has 258 valence electrons. The van der Waals surface area contributed by atoms with Crippen molar-refractivity contribution < 1.29 is 84.2 Å². The summed E-state index contributed by atoms with van der Waals surface area (Å²) in [4.78, 5) is 19.8. The third kappa shape index (κ3) is 6.72. The Balaban J connectivity index is 2.26. The monoisotopic (exact) mass is 700 g/mol. The molecule has 0 aliphatic heterocycles. The fourth-order valence-electron chi connectivity index (χ4n) is 3.27. The molecule has 0 fully saturated rings. The van der Waals surface area contributed by atoms with Crippen LogP contribution in [0.2, 0.25) is 0 Å². The van der Waals surface area contributed by atoms with E-state index in [-0.39, 0.29) is 17.5 Å². The van der Waals surface area contributed by atoms with E-state index in [1.165, 1.54) is 36.7 Å². The van der Waals surface area contributed by atoms with Crippen LogP contribution in [0.3, 0.4) is 0 Å². The van der Waals surface area contributed by atoms with Crippen molar-refractivity contribution in [1.29, 1.82) is 0 Å². The van der Waals surface area contributed by atoms with Crippen LogP contribution in [0.5, 0.6) is 0 Å². The highest BCUT2D eigenvalue weighted by Crippen LogP contribution is 2.61. The van der Waals surface area contributed by atoms with Crippen LogP contribution >= 0.6 is 0 Å². The Labute approximate surface area is 246 Å². The second-order valence-electron chi connectivity index (χ2n) is 9.20. The molecular formula is C25H17F17N2O2. The van der Waals surface area contributed by atoms with Gasteiger partial charge in [-0.1, -0.05) is 31.2 Å². The number of halogens is 17. The van der Waals surface area contributed by atoms with Crippen LogP contribution in [-0.4, -0.2) is 76.6 Å². The quantitative estimate of drug-likeness (QED) is 0.113. The number of rotatable bonds is 14. The predicted octanol–water partition coefficient (Wildman–Crippen LogP) is 8.31. The first-order valence-corrected chi connectivity index (χ1v) is 12.1. The molecule has 0 saturated heterocycles. The number of benzene rings is 1. The number of aromatic nitrogens is 2. The molecule has 46 heavy (non-hydrogen) atoms. The van der Waals surface area contributed by atoms with Gasteiger partial charge in [0.05, 0.1) is 0 Å². The minimum atomic E-state index is -8.53. The summed E-state index contributed by atoms with van der Waals surface area (Å²) in [5.74, 6) is -50.7. The van der Waals surface area contributed by atoms with Gasteiger partial charge in [0.1, 0.15) is 0 Å². The van der Waals surface area contributed by atoms with E-state index in [1.54, 1.807) is 0 Å². The molecule has 4 nitrogen and oxygen atoms in total. The maximum Gasteiger partial charge on any atom is 0.385 e. The average Bonchev–Trinajstić information content (AvgIpc) is 2.98. The van der Waals surface area contributed by atoms with Crippen LogP contribution in [0.15, 0.2) is 42.7 Å². The Kier molecular flexibility index (Phi) is 11.1. The van der Waals surface area contributed by atoms with Gasteiger partial charge in [0.2, 0.25) is 6.17 Å². The highest BCUT2D eigenvalue weighted by molar-refractivity contribution is 5.87. The zero-order chi connectivity index (χ0) is 35.7. The summed E-state index contributed by atoms with van der Waals surface area (Å²) < 4.78 is 233. The molecular weight excluding hydrogens is 683 g/mol. The predicted molar refractivity (Wildman–Crippen MR) is 122 cm³/mol. The zero-order valence-corrected chi connectivity index (χ0v) is 22.3. The smallest absolute Gasteiger partial charge is 0.385 e. The Morgan fingerprint density at radius 3 is 1.63 bits per heavy atom. The van der Waals surface area contributed by atoms with Gasteiger partial charge in [0.15, 0.2) is 12.0 Å². The fraction of sp³-hybridized carbons (Fsp3) is 0.480. The van der Waals surface area contributed by atoms with Gasteiger partial charge in [0, 0.05) is 24.0 Å². The molecule has 3 unspecified atom stereocenters. The minimum Gasteiger partial charge on any atom is -0.421 e. The number of ether oxygens (including phenoxy) is 1. The summed E-state index contributed by atoms with van der Waals surface area (Å²) in [5.41, 5.74) is 1.18. The van der Waals surface area contributed by atoms with Crippen molar-refractivity contribution in [3.63, 3.8) is 0 Å². The van der Waals surface area contributed by atoms with Crippen LogP contribution in [0, 0.1) is 0 Å². The molecule has 2 aromatic rings. The first kappa shape index (κ1) is 38.5. The lowest BCUT2D eigenvalue weighted by Gasteiger charge is -2.42. The second-order valence-corrected chi connectivity index (χ2v) is 9.20. The Morgan fingerprint density at radius 1 is 0.739 bits per heavy atom. The van der Waals surface area contributed by atoms with Crippen molar-refractivity contribution in [2.45, 2.75) is 74.0 Å². The van der Waals surface area contributed by atoms with Crippen LogP contribution < -0.4 is 0 Å². The molecule has 0 amide bonds. The van der Waals surface area contributed by atoms with Gasteiger partial charge < -0.3 is 4.74 Å². The standard InChI is InChI=1S/C25H17F17N2O2/c1-2-11-9-43-18(44-10-11)13-6-3-12(4-7-13)5-8-14(45)46-19(30)21(33,34)23(37,38)25(41,42)24(39,40)22(35,36)20(31,32)16(27)15(26)17(28)29/h3-10,15-17,19H,2H2,1H3. The van der Waals surface area contributed by atoms with Crippen molar-refractivity contribution in [1.82, 2.24) is 9.97 Å². The van der Waals surface area contributed by atoms with E-state index in [1.807, 2.05) is 6.92 Å². The second kappa shape index (κ2) is 13.2. The maximum atomic E-state index is 14.0. The third-order valence-electron chi connectivity index (χ3n) is 6.09. The average molecular weight is 700 g/mol. The Hall–Kier alpha value is -3.68. The lowest BCUT2D eigenvalue weighted by atomic mass is 9.89. The van der Waals surface area contributed by atoms with Gasteiger partial charge in [-0.25, -0.2) is 32.3 Å². The zero-order valence-electron chi connectivity index (χ0n) is 22.3. The molecule has 1 heterocycles. The minimum absolute atomic E-state index is 0.0127. The summed E-state index contributed by atoms with van der Waals surface area (Å²) in [6.45, 7) is 1.83. The van der Waals surface area contributed by atoms with Gasteiger partial charge >= 0.3 is 47.9 Å². The molecule has 0 radical (unpaired) electrons. The van der Waals surface area contributed by atoms with Crippen LogP contribution in [0.1, 0.15) is 18.1 Å². The Bertz CT molecular complexity index is 1370. The van der Waals surface area contributed by atoms with Crippen molar-refractivity contribution in [3.05, 3.63) is 53.9 Å². The summed E-state index contributed by atoms with van der Waals surface area (Å²) in [6, 6.07) is 5.09. The van der Waals surface area contributed by atoms with E-state index >= 15 is 0 Å². The van der Waals surface area contributed by atoms with E-state index < -0.39 is 66.6 Å². The van der Waals surface area contributed by atoms with Crippen molar-refractivity contribution >= 4 is 12.0 Å². The molecule has 0 spiro atoms. The number of carbonyl (C=O) groups is 1. The molecule has 0 aliphatic carbocycles. The normalized spacial score (nSPS) is 16.1. The molecule has 0 aliphatic rings. The maximum absolute atomic E-state index is 14.0. The SMILES string of the molecule is CCc1cnc(-c2ccc(C=CC(=O)OC(F)C(F)(F)C(F)(F)C(F)(F)C(F)(F)C(F)(F)C(F)(F)C(F)C(F)C(F)F)cc2)nc1. The molecule has 0 saturated carbocycles. The highest BCUT2D eigenvalue weighted by Gasteiger charge is 2.92. The van der Waals surface area contributed by atoms with Crippen molar-refractivity contribution in [3.8, 4) is 11.4 Å². The number of nitrogens with zero attached hydrogens (tertiary/aromatic N) is 2. The van der Waals surface area contributed by atoms with E-state index in [2.05, 4.69) is 14.7 Å². The Morgan fingerprint density at radius 2 is 1.20 bits per heavy atom. The molecule has 0 bridgehead atoms. The van der Waals surface area contributed by atoms with Crippen LogP contribution in [-0.2, 0) is 16.0 Å². The van der Waals surface area contributed by atoms with Gasteiger partial charge in [-0.15, -0.1) is 0 Å². The molecule has 1 aromatic carbocycles. The van der Waals surface area contributed by atoms with E-state index in [9.17, 15) is 79.4 Å². The van der Waals surface area contributed by atoms with Crippen molar-refractivity contribution in [2.24, 2.45) is 0 Å². The fourth-order valence-corrected chi connectivity index (χ4v) is 3.27.